The van der Waals surface area contributed by atoms with Crippen LogP contribution in [0.15, 0.2) is 0 Å². The molecule has 23 heavy (non-hydrogen) atoms. The van der Waals surface area contributed by atoms with Gasteiger partial charge in [0.15, 0.2) is 17.4 Å². The second kappa shape index (κ2) is 8.01. The fraction of sp³-hybridized carbons (Fsp3) is 0.533. The monoisotopic (exact) mass is 355 g/mol. The quantitative estimate of drug-likeness (QED) is 0.233. The topological polar surface area (TPSA) is 41.5 Å². The van der Waals surface area contributed by atoms with Gasteiger partial charge < -0.3 is 15.2 Å². The average molecular weight is 355 g/mol. The molecule has 0 saturated heterocycles. The molecule has 132 valence electrons. The van der Waals surface area contributed by atoms with Gasteiger partial charge in [0.05, 0.1) is 5.05 Å². The minimum Gasteiger partial charge on any atom is -0.482 e. The summed E-state index contributed by atoms with van der Waals surface area (Å²) in [4.78, 5) is 0. The van der Waals surface area contributed by atoms with Gasteiger partial charge in [-0.25, -0.2) is 8.78 Å². The van der Waals surface area contributed by atoms with E-state index in [0.717, 1.165) is 0 Å². The third-order valence-electron chi connectivity index (χ3n) is 2.61. The lowest BCUT2D eigenvalue weighted by molar-refractivity contribution is 0.114. The fourth-order valence-electron chi connectivity index (χ4n) is 1.70. The second-order valence-electron chi connectivity index (χ2n) is 5.88. The highest BCUT2D eigenvalue weighted by Crippen LogP contribution is 2.34. The van der Waals surface area contributed by atoms with Gasteiger partial charge in [0.2, 0.25) is 11.6 Å². The average Bonchev–Trinajstić information content (AvgIpc) is 2.43. The van der Waals surface area contributed by atoms with Crippen molar-refractivity contribution in [2.75, 3.05) is 17.6 Å². The van der Waals surface area contributed by atoms with E-state index in [2.05, 4.69) is 5.32 Å². The molecule has 0 aliphatic carbocycles. The van der Waals surface area contributed by atoms with Crippen LogP contribution in [0.3, 0.4) is 0 Å². The molecule has 0 aliphatic rings. The summed E-state index contributed by atoms with van der Waals surface area (Å²) in [6.45, 7) is 6.16. The van der Waals surface area contributed by atoms with E-state index in [1.54, 1.807) is 0 Å². The van der Waals surface area contributed by atoms with Crippen LogP contribution in [-0.2, 0) is 0 Å². The number of halogens is 4. The predicted molar refractivity (Wildman–Crippen MR) is 86.9 cm³/mol. The van der Waals surface area contributed by atoms with Crippen LogP contribution in [0.1, 0.15) is 34.1 Å². The summed E-state index contributed by atoms with van der Waals surface area (Å²) in [5, 5.41) is 11.6. The Morgan fingerprint density at radius 1 is 1.09 bits per heavy atom. The number of hydrogen-bond donors (Lipinski definition) is 3. The Kier molecular flexibility index (Phi) is 6.88. The molecular formula is C15H21F4NO2S. The molecule has 0 amide bonds. The summed E-state index contributed by atoms with van der Waals surface area (Å²) >= 11 is 0.690. The normalized spacial score (nSPS) is 12.8. The van der Waals surface area contributed by atoms with Crippen molar-refractivity contribution in [3.8, 4) is 5.75 Å². The van der Waals surface area contributed by atoms with Crippen molar-refractivity contribution in [3.63, 3.8) is 0 Å². The Morgan fingerprint density at radius 3 is 2.04 bits per heavy atom. The van der Waals surface area contributed by atoms with Crippen molar-refractivity contribution < 1.29 is 27.4 Å². The van der Waals surface area contributed by atoms with E-state index in [1.807, 2.05) is 0 Å². The number of ether oxygens (including phenoxy) is 1. The number of anilines is 1. The number of rotatable bonds is 6. The zero-order chi connectivity index (χ0) is 17.8. The second-order valence-corrected chi connectivity index (χ2v) is 7.29. The predicted octanol–water partition coefficient (Wildman–Crippen LogP) is 4.40. The van der Waals surface area contributed by atoms with Crippen molar-refractivity contribution in [2.24, 2.45) is 0 Å². The highest BCUT2D eigenvalue weighted by molar-refractivity contribution is 7.98. The number of hydrogen-bond acceptors (Lipinski definition) is 2. The summed E-state index contributed by atoms with van der Waals surface area (Å²) in [6.07, 6.45) is 0.460. The van der Waals surface area contributed by atoms with Crippen molar-refractivity contribution in [1.29, 1.82) is 0 Å². The third kappa shape index (κ3) is 5.69. The highest BCUT2D eigenvalue weighted by atomic mass is 32.1. The molecule has 1 rings (SSSR count). The molecule has 0 saturated carbocycles. The van der Waals surface area contributed by atoms with Gasteiger partial charge in [-0.05, 0) is 39.9 Å². The Hall–Kier alpha value is -1.28. The molecule has 1 aromatic rings. The fourth-order valence-corrected chi connectivity index (χ4v) is 2.34. The van der Waals surface area contributed by atoms with Crippen LogP contribution in [0.4, 0.5) is 23.2 Å². The van der Waals surface area contributed by atoms with E-state index in [1.165, 1.54) is 27.7 Å². The van der Waals surface area contributed by atoms with Crippen LogP contribution in [0.2, 0.25) is 0 Å². The number of thiol groups is 1. The first kappa shape index (κ1) is 19.8. The van der Waals surface area contributed by atoms with Crippen LogP contribution in [0, 0.1) is 23.3 Å². The number of nitrogens with one attached hydrogen (secondary N) is 1. The van der Waals surface area contributed by atoms with Crippen LogP contribution in [-0.4, -0.2) is 28.1 Å². The third-order valence-corrected chi connectivity index (χ3v) is 3.61. The lowest BCUT2D eigenvalue weighted by atomic mass is 10.1. The summed E-state index contributed by atoms with van der Waals surface area (Å²) in [7, 11) is 0. The van der Waals surface area contributed by atoms with Crippen molar-refractivity contribution in [2.45, 2.75) is 39.7 Å². The Labute approximate surface area is 136 Å². The zero-order valence-corrected chi connectivity index (χ0v) is 14.3. The number of benzene rings is 1. The van der Waals surface area contributed by atoms with Gasteiger partial charge in [-0.1, -0.05) is 0 Å². The van der Waals surface area contributed by atoms with Gasteiger partial charge >= 0.3 is 0 Å². The van der Waals surface area contributed by atoms with E-state index >= 15 is 0 Å². The van der Waals surface area contributed by atoms with Crippen molar-refractivity contribution in [1.82, 2.24) is 0 Å². The maximum absolute atomic E-state index is 13.9. The van der Waals surface area contributed by atoms with E-state index in [-0.39, 0.29) is 11.6 Å². The summed E-state index contributed by atoms with van der Waals surface area (Å²) in [6, 6.07) is 0. The summed E-state index contributed by atoms with van der Waals surface area (Å²) in [5.41, 5.74) is -1.87. The first-order valence-corrected chi connectivity index (χ1v) is 8.11. The molecule has 0 spiro atoms. The van der Waals surface area contributed by atoms with Gasteiger partial charge in [-0.15, -0.1) is 0 Å². The van der Waals surface area contributed by atoms with Crippen molar-refractivity contribution >= 4 is 22.1 Å². The van der Waals surface area contributed by atoms with Gasteiger partial charge in [0, 0.05) is 6.54 Å². The molecule has 0 heterocycles. The Morgan fingerprint density at radius 2 is 1.61 bits per heavy atom. The van der Waals surface area contributed by atoms with Crippen LogP contribution >= 0.6 is 11.4 Å². The van der Waals surface area contributed by atoms with Crippen LogP contribution < -0.4 is 10.1 Å². The molecular weight excluding hydrogens is 334 g/mol. The summed E-state index contributed by atoms with van der Waals surface area (Å²) in [5.74, 6) is -6.70. The number of aliphatic hydroxyl groups excluding tert-OH is 1. The van der Waals surface area contributed by atoms with E-state index in [9.17, 15) is 17.6 Å². The van der Waals surface area contributed by atoms with Crippen LogP contribution in [0.5, 0.6) is 5.75 Å². The van der Waals surface area contributed by atoms with Gasteiger partial charge in [-0.3, -0.25) is 0 Å². The van der Waals surface area contributed by atoms with E-state index in [4.69, 9.17) is 9.84 Å². The highest BCUT2D eigenvalue weighted by Gasteiger charge is 2.29. The molecule has 2 N–H and O–H groups in total. The molecule has 0 unspecified atom stereocenters. The molecule has 0 fully saturated rings. The molecule has 0 radical (unpaired) electrons. The SMILES string of the molecule is CC(O)=[SH]CCCNc1c(F)c(F)c(OC(C)(C)C)c(F)c1F. The maximum atomic E-state index is 13.9. The summed E-state index contributed by atoms with van der Waals surface area (Å²) < 4.78 is 60.7. The minimum atomic E-state index is -1.57. The molecule has 0 aromatic heterocycles. The number of aliphatic hydroxyl groups is 1. The molecule has 0 atom stereocenters. The molecule has 0 aliphatic heterocycles. The van der Waals surface area contributed by atoms with Gasteiger partial charge in [0.1, 0.15) is 11.3 Å². The largest absolute Gasteiger partial charge is 0.482 e. The maximum Gasteiger partial charge on any atom is 0.206 e. The molecule has 3 nitrogen and oxygen atoms in total. The standard InChI is InChI=1S/C15H21F4NO2S/c1-8(21)23-7-5-6-20-13-9(16)11(18)14(12(19)10(13)17)22-15(2,3)4/h20-21,23H,5-7H2,1-4H3. The van der Waals surface area contributed by atoms with Gasteiger partial charge in [-0.2, -0.15) is 20.1 Å². The minimum absolute atomic E-state index is 0.104. The Balaban J connectivity index is 2.96. The molecule has 0 bridgehead atoms. The van der Waals surface area contributed by atoms with E-state index in [0.29, 0.717) is 23.5 Å². The van der Waals surface area contributed by atoms with Crippen molar-refractivity contribution in [3.05, 3.63) is 23.3 Å². The lowest BCUT2D eigenvalue weighted by Gasteiger charge is -2.23. The van der Waals surface area contributed by atoms with E-state index < -0.39 is 40.3 Å². The molecule has 8 heteroatoms. The zero-order valence-electron chi connectivity index (χ0n) is 13.4. The van der Waals surface area contributed by atoms with Gasteiger partial charge in [0.25, 0.3) is 0 Å². The Bertz CT molecular complexity index is 567. The molecule has 1 aromatic carbocycles. The smallest absolute Gasteiger partial charge is 0.206 e. The first-order valence-electron chi connectivity index (χ1n) is 7.03. The van der Waals surface area contributed by atoms with Crippen LogP contribution in [0.25, 0.3) is 0 Å². The first-order chi connectivity index (χ1) is 10.5. The lowest BCUT2D eigenvalue weighted by Crippen LogP contribution is -2.25.